The summed E-state index contributed by atoms with van der Waals surface area (Å²) in [6, 6.07) is 1.84. The smallest absolute Gasteiger partial charge is 0.409 e. The van der Waals surface area contributed by atoms with Gasteiger partial charge >= 0.3 is 11.8 Å². The molecule has 0 atom stereocenters. The fourth-order valence-electron chi connectivity index (χ4n) is 4.22. The molecule has 2 saturated heterocycles. The molecule has 0 spiro atoms. The summed E-state index contributed by atoms with van der Waals surface area (Å²) in [5.41, 5.74) is 1.81. The molecule has 3 heterocycles. The summed E-state index contributed by atoms with van der Waals surface area (Å²) in [7, 11) is 0. The molecule has 11 heteroatoms. The number of nitro groups is 1. The Kier molecular flexibility index (Phi) is 5.86. The molecule has 1 aromatic heterocycles. The van der Waals surface area contributed by atoms with Crippen LogP contribution in [-0.4, -0.2) is 72.1 Å². The van der Waals surface area contributed by atoms with E-state index in [2.05, 4.69) is 20.1 Å². The predicted molar refractivity (Wildman–Crippen MR) is 110 cm³/mol. The highest BCUT2D eigenvalue weighted by Gasteiger charge is 2.32. The molecule has 0 saturated carbocycles. The summed E-state index contributed by atoms with van der Waals surface area (Å²) in [6.07, 6.45) is 3.93. The first-order valence-corrected chi connectivity index (χ1v) is 10.5. The largest absolute Gasteiger partial charge is 0.450 e. The number of carbonyl (C=O) groups excluding carboxylic acids is 1. The van der Waals surface area contributed by atoms with Gasteiger partial charge in [-0.15, -0.1) is 0 Å². The van der Waals surface area contributed by atoms with Gasteiger partial charge in [-0.3, -0.25) is 10.1 Å². The fraction of sp³-hybridized carbons (Fsp3) is 0.632. The number of nitrogens with zero attached hydrogens (tertiary/aromatic N) is 6. The number of fused-ring (bicyclic) bond motifs is 1. The van der Waals surface area contributed by atoms with E-state index in [-0.39, 0.29) is 17.3 Å². The highest BCUT2D eigenvalue weighted by Crippen LogP contribution is 2.41. The lowest BCUT2D eigenvalue weighted by molar-refractivity contribution is -0.382. The number of hydrogen-bond donors (Lipinski definition) is 0. The third kappa shape index (κ3) is 3.83. The molecule has 11 nitrogen and oxygen atoms in total. The monoisotopic (exact) mass is 418 g/mol. The Morgan fingerprint density at radius 3 is 2.30 bits per heavy atom. The van der Waals surface area contributed by atoms with Crippen LogP contribution in [0.4, 0.5) is 21.9 Å². The molecule has 2 aromatic rings. The Morgan fingerprint density at radius 1 is 1.03 bits per heavy atom. The third-order valence-corrected chi connectivity index (χ3v) is 5.75. The number of amides is 1. The second-order valence-electron chi connectivity index (χ2n) is 7.56. The zero-order valence-corrected chi connectivity index (χ0v) is 17.1. The van der Waals surface area contributed by atoms with E-state index in [1.165, 1.54) is 0 Å². The lowest BCUT2D eigenvalue weighted by Crippen LogP contribution is -2.49. The highest BCUT2D eigenvalue weighted by molar-refractivity contribution is 6.00. The highest BCUT2D eigenvalue weighted by atomic mass is 16.6. The van der Waals surface area contributed by atoms with Crippen LogP contribution in [0.5, 0.6) is 0 Å². The van der Waals surface area contributed by atoms with Crippen LogP contribution in [0.2, 0.25) is 0 Å². The maximum absolute atomic E-state index is 12.0. The van der Waals surface area contributed by atoms with Crippen LogP contribution in [-0.2, 0) is 4.74 Å². The summed E-state index contributed by atoms with van der Waals surface area (Å²) in [4.78, 5) is 29.3. The van der Waals surface area contributed by atoms with E-state index in [4.69, 9.17) is 9.37 Å². The molecule has 162 valence electrons. The summed E-state index contributed by atoms with van der Waals surface area (Å²) in [6.45, 7) is 5.80. The van der Waals surface area contributed by atoms with E-state index in [0.717, 1.165) is 44.5 Å². The molecule has 1 aromatic carbocycles. The minimum atomic E-state index is -0.394. The van der Waals surface area contributed by atoms with E-state index in [1.54, 1.807) is 11.8 Å². The Hall–Kier alpha value is -3.11. The van der Waals surface area contributed by atoms with Crippen LogP contribution in [0.15, 0.2) is 10.7 Å². The molecular weight excluding hydrogens is 392 g/mol. The lowest BCUT2D eigenvalue weighted by atomic mass is 10.1. The van der Waals surface area contributed by atoms with E-state index in [9.17, 15) is 14.9 Å². The van der Waals surface area contributed by atoms with Crippen molar-refractivity contribution in [3.05, 3.63) is 16.2 Å². The van der Waals surface area contributed by atoms with Gasteiger partial charge < -0.3 is 19.4 Å². The first-order valence-electron chi connectivity index (χ1n) is 10.5. The molecule has 2 aliphatic heterocycles. The topological polar surface area (TPSA) is 118 Å². The van der Waals surface area contributed by atoms with E-state index < -0.39 is 4.92 Å². The van der Waals surface area contributed by atoms with Crippen molar-refractivity contribution in [1.82, 2.24) is 15.2 Å². The molecule has 0 bridgehead atoms. The van der Waals surface area contributed by atoms with Gasteiger partial charge in [-0.05, 0) is 36.1 Å². The van der Waals surface area contributed by atoms with Crippen molar-refractivity contribution in [3.63, 3.8) is 0 Å². The summed E-state index contributed by atoms with van der Waals surface area (Å²) in [5.74, 6) is 0. The molecule has 1 amide bonds. The van der Waals surface area contributed by atoms with Crippen LogP contribution < -0.4 is 9.80 Å². The first kappa shape index (κ1) is 20.2. The number of benzene rings is 1. The number of nitro benzene ring substituents is 1. The van der Waals surface area contributed by atoms with Crippen molar-refractivity contribution >= 4 is 34.2 Å². The second-order valence-corrected chi connectivity index (χ2v) is 7.56. The van der Waals surface area contributed by atoms with Gasteiger partial charge in [0.05, 0.1) is 17.2 Å². The van der Waals surface area contributed by atoms with E-state index >= 15 is 0 Å². The number of hydrogen-bond acceptors (Lipinski definition) is 9. The van der Waals surface area contributed by atoms with Crippen LogP contribution in [0.25, 0.3) is 11.0 Å². The molecule has 4 rings (SSSR count). The third-order valence-electron chi connectivity index (χ3n) is 5.75. The SMILES string of the molecule is CCOC(=O)N1CCN(c2cc(N3CCCCCC3)c([N+](=O)[O-])c3nonc23)CC1. The van der Waals surface area contributed by atoms with E-state index in [0.29, 0.717) is 44.0 Å². The maximum Gasteiger partial charge on any atom is 0.409 e. The predicted octanol–water partition coefficient (Wildman–Crippen LogP) is 2.79. The van der Waals surface area contributed by atoms with Crippen molar-refractivity contribution in [2.75, 3.05) is 55.7 Å². The molecule has 0 unspecified atom stereocenters. The molecule has 0 aliphatic carbocycles. The zero-order chi connectivity index (χ0) is 21.1. The molecule has 0 N–H and O–H groups in total. The number of rotatable bonds is 4. The maximum atomic E-state index is 12.0. The van der Waals surface area contributed by atoms with Crippen molar-refractivity contribution in [3.8, 4) is 0 Å². The molecule has 0 radical (unpaired) electrons. The Balaban J connectivity index is 1.68. The molecule has 30 heavy (non-hydrogen) atoms. The van der Waals surface area contributed by atoms with Gasteiger partial charge in [-0.1, -0.05) is 12.8 Å². The van der Waals surface area contributed by atoms with E-state index in [1.807, 2.05) is 6.07 Å². The molecule has 2 fully saturated rings. The van der Waals surface area contributed by atoms with Crippen molar-refractivity contribution < 1.29 is 19.1 Å². The Morgan fingerprint density at radius 2 is 1.67 bits per heavy atom. The van der Waals surface area contributed by atoms with Crippen molar-refractivity contribution in [2.45, 2.75) is 32.6 Å². The van der Waals surface area contributed by atoms with Gasteiger partial charge in [0.25, 0.3) is 0 Å². The number of piperazine rings is 1. The number of carbonyl (C=O) groups is 1. The summed E-state index contributed by atoms with van der Waals surface area (Å²) < 4.78 is 9.99. The van der Waals surface area contributed by atoms with Gasteiger partial charge in [-0.2, -0.15) is 0 Å². The van der Waals surface area contributed by atoms with Gasteiger partial charge in [0, 0.05) is 39.3 Å². The molecule has 2 aliphatic rings. The first-order chi connectivity index (χ1) is 14.6. The summed E-state index contributed by atoms with van der Waals surface area (Å²) in [5, 5.41) is 19.8. The average Bonchev–Trinajstić information content (AvgIpc) is 3.07. The summed E-state index contributed by atoms with van der Waals surface area (Å²) >= 11 is 0. The normalized spacial score (nSPS) is 17.8. The Labute approximate surface area is 173 Å². The number of anilines is 2. The lowest BCUT2D eigenvalue weighted by Gasteiger charge is -2.35. The van der Waals surface area contributed by atoms with Gasteiger partial charge in [0.2, 0.25) is 5.52 Å². The van der Waals surface area contributed by atoms with Crippen LogP contribution in [0.1, 0.15) is 32.6 Å². The second kappa shape index (κ2) is 8.72. The number of aromatic nitrogens is 2. The van der Waals surface area contributed by atoms with Crippen molar-refractivity contribution in [1.29, 1.82) is 0 Å². The minimum absolute atomic E-state index is 0.0536. The standard InChI is InChI=1S/C19H26N6O5/c1-2-29-19(26)24-11-9-23(10-12-24)14-13-15(22-7-5-3-4-6-8-22)18(25(27)28)17-16(14)20-30-21-17/h13H,2-12H2,1H3. The fourth-order valence-corrected chi connectivity index (χ4v) is 4.22. The van der Waals surface area contributed by atoms with Crippen LogP contribution in [0.3, 0.4) is 0 Å². The minimum Gasteiger partial charge on any atom is -0.450 e. The quantitative estimate of drug-likeness (QED) is 0.545. The van der Waals surface area contributed by atoms with Gasteiger partial charge in [0.1, 0.15) is 5.69 Å². The van der Waals surface area contributed by atoms with Gasteiger partial charge in [-0.25, -0.2) is 9.42 Å². The van der Waals surface area contributed by atoms with Gasteiger partial charge in [0.15, 0.2) is 5.52 Å². The van der Waals surface area contributed by atoms with Crippen LogP contribution >= 0.6 is 0 Å². The average molecular weight is 418 g/mol. The van der Waals surface area contributed by atoms with Crippen molar-refractivity contribution in [2.24, 2.45) is 0 Å². The Bertz CT molecular complexity index is 916. The van der Waals surface area contributed by atoms with Crippen LogP contribution in [0, 0.1) is 10.1 Å². The zero-order valence-electron chi connectivity index (χ0n) is 17.1. The molecular formula is C19H26N6O5. The number of ether oxygens (including phenoxy) is 1.